The first-order valence-corrected chi connectivity index (χ1v) is 11.3. The Balaban J connectivity index is 1.82. The molecule has 1 unspecified atom stereocenters. The van der Waals surface area contributed by atoms with Gasteiger partial charge >= 0.3 is 11.9 Å². The normalized spacial score (nSPS) is 16.3. The van der Waals surface area contributed by atoms with Crippen LogP contribution in [0.5, 0.6) is 0 Å². The molecule has 178 valence electrons. The number of carbonyl (C=O) groups excluding carboxylic acids is 5. The van der Waals surface area contributed by atoms with Gasteiger partial charge in [-0.1, -0.05) is 12.1 Å². The molecule has 0 spiro atoms. The van der Waals surface area contributed by atoms with Crippen molar-refractivity contribution in [2.24, 2.45) is 11.8 Å². The van der Waals surface area contributed by atoms with Crippen molar-refractivity contribution in [2.45, 2.75) is 52.0 Å². The first-order valence-electron chi connectivity index (χ1n) is 11.3. The lowest BCUT2D eigenvalue weighted by molar-refractivity contribution is -0.168. The second-order valence-electron chi connectivity index (χ2n) is 8.43. The van der Waals surface area contributed by atoms with Gasteiger partial charge < -0.3 is 14.8 Å². The standard InChI is InChI=1S/C24H30N2O7/c1-4-32-22(30)24(25-15(3)27,23(31)33-5-2)13-12-17(16-10-11-16)14-26-20(28)18-8-6-7-9-19(18)21(26)29/h6-9,16-17H,4-5,10-14H2,1-3H3,(H,25,27). The number of carbonyl (C=O) groups is 5. The largest absolute Gasteiger partial charge is 0.464 e. The summed E-state index contributed by atoms with van der Waals surface area (Å²) in [5.74, 6) is -2.89. The summed E-state index contributed by atoms with van der Waals surface area (Å²) in [5.41, 5.74) is -1.22. The number of hydrogen-bond donors (Lipinski definition) is 1. The molecule has 3 rings (SSSR count). The summed E-state index contributed by atoms with van der Waals surface area (Å²) in [4.78, 5) is 64.5. The Hall–Kier alpha value is -3.23. The van der Waals surface area contributed by atoms with Crippen molar-refractivity contribution in [1.82, 2.24) is 10.2 Å². The number of benzene rings is 1. The molecule has 1 fully saturated rings. The minimum Gasteiger partial charge on any atom is -0.464 e. The highest BCUT2D eigenvalue weighted by atomic mass is 16.6. The zero-order valence-corrected chi connectivity index (χ0v) is 19.2. The van der Waals surface area contributed by atoms with Gasteiger partial charge in [-0.15, -0.1) is 0 Å². The highest BCUT2D eigenvalue weighted by molar-refractivity contribution is 6.21. The van der Waals surface area contributed by atoms with Crippen molar-refractivity contribution in [3.63, 3.8) is 0 Å². The molecule has 1 aromatic carbocycles. The third kappa shape index (κ3) is 5.07. The number of esters is 2. The van der Waals surface area contributed by atoms with Crippen LogP contribution >= 0.6 is 0 Å². The van der Waals surface area contributed by atoms with E-state index in [0.29, 0.717) is 17.5 Å². The zero-order chi connectivity index (χ0) is 24.2. The molecule has 0 saturated heterocycles. The van der Waals surface area contributed by atoms with E-state index in [4.69, 9.17) is 9.47 Å². The Labute approximate surface area is 192 Å². The number of ether oxygens (including phenoxy) is 2. The van der Waals surface area contributed by atoms with Gasteiger partial charge in [-0.2, -0.15) is 0 Å². The Morgan fingerprint density at radius 1 is 1.03 bits per heavy atom. The molecule has 9 nitrogen and oxygen atoms in total. The van der Waals surface area contributed by atoms with Crippen molar-refractivity contribution in [3.05, 3.63) is 35.4 Å². The molecule has 1 N–H and O–H groups in total. The molecule has 1 aliphatic heterocycles. The quantitative estimate of drug-likeness (QED) is 0.306. The lowest BCUT2D eigenvalue weighted by atomic mass is 9.86. The van der Waals surface area contributed by atoms with Crippen molar-refractivity contribution in [1.29, 1.82) is 0 Å². The number of amides is 3. The van der Waals surface area contributed by atoms with Crippen LogP contribution in [0.15, 0.2) is 24.3 Å². The molecule has 1 heterocycles. The SMILES string of the molecule is CCOC(=O)C(CCC(CN1C(=O)c2ccccc2C1=O)C1CC1)(NC(C)=O)C(=O)OCC. The minimum atomic E-state index is -1.98. The van der Waals surface area contributed by atoms with Gasteiger partial charge in [-0.05, 0) is 63.5 Å². The summed E-state index contributed by atoms with van der Waals surface area (Å²) in [7, 11) is 0. The molecule has 1 saturated carbocycles. The Kier molecular flexibility index (Phi) is 7.50. The van der Waals surface area contributed by atoms with Gasteiger partial charge in [0.2, 0.25) is 11.4 Å². The maximum Gasteiger partial charge on any atom is 0.343 e. The van der Waals surface area contributed by atoms with E-state index >= 15 is 0 Å². The average Bonchev–Trinajstić information content (AvgIpc) is 3.59. The first kappa shape index (κ1) is 24.4. The zero-order valence-electron chi connectivity index (χ0n) is 19.2. The number of hydrogen-bond acceptors (Lipinski definition) is 7. The van der Waals surface area contributed by atoms with Crippen LogP contribution in [0.4, 0.5) is 0 Å². The molecule has 1 aromatic rings. The lowest BCUT2D eigenvalue weighted by Gasteiger charge is -2.31. The van der Waals surface area contributed by atoms with Crippen molar-refractivity contribution in [3.8, 4) is 0 Å². The highest BCUT2D eigenvalue weighted by Gasteiger charge is 2.51. The molecular formula is C24H30N2O7. The van der Waals surface area contributed by atoms with Gasteiger partial charge in [0.1, 0.15) is 0 Å². The van der Waals surface area contributed by atoms with Crippen LogP contribution in [0.25, 0.3) is 0 Å². The van der Waals surface area contributed by atoms with Crippen LogP contribution in [-0.4, -0.2) is 59.9 Å². The maximum atomic E-state index is 12.9. The van der Waals surface area contributed by atoms with Crippen LogP contribution < -0.4 is 5.32 Å². The molecule has 3 amide bonds. The van der Waals surface area contributed by atoms with Crippen molar-refractivity contribution < 1.29 is 33.4 Å². The molecule has 1 atom stereocenters. The second-order valence-corrected chi connectivity index (χ2v) is 8.43. The van der Waals surface area contributed by atoms with Gasteiger partial charge in [0.05, 0.1) is 24.3 Å². The molecule has 2 aliphatic rings. The van der Waals surface area contributed by atoms with E-state index in [1.165, 1.54) is 11.8 Å². The number of rotatable bonds is 11. The summed E-state index contributed by atoms with van der Waals surface area (Å²) in [6.07, 6.45) is 2.12. The topological polar surface area (TPSA) is 119 Å². The Bertz CT molecular complexity index is 901. The van der Waals surface area contributed by atoms with E-state index in [9.17, 15) is 24.0 Å². The molecule has 1 aliphatic carbocycles. The number of nitrogens with one attached hydrogen (secondary N) is 1. The predicted octanol–water partition coefficient (Wildman–Crippen LogP) is 2.09. The van der Waals surface area contributed by atoms with E-state index < -0.39 is 23.4 Å². The lowest BCUT2D eigenvalue weighted by Crippen LogP contribution is -2.61. The van der Waals surface area contributed by atoms with Gasteiger partial charge in [-0.25, -0.2) is 9.59 Å². The summed E-state index contributed by atoms with van der Waals surface area (Å²) in [6, 6.07) is 6.69. The molecule has 0 aromatic heterocycles. The van der Waals surface area contributed by atoms with Gasteiger partial charge in [-0.3, -0.25) is 19.3 Å². The fraction of sp³-hybridized carbons (Fsp3) is 0.542. The molecule has 0 radical (unpaired) electrons. The summed E-state index contributed by atoms with van der Waals surface area (Å²) in [6.45, 7) is 4.66. The Morgan fingerprint density at radius 2 is 1.55 bits per heavy atom. The predicted molar refractivity (Wildman–Crippen MR) is 117 cm³/mol. The van der Waals surface area contributed by atoms with Gasteiger partial charge in [0, 0.05) is 13.5 Å². The number of imide groups is 1. The Morgan fingerprint density at radius 3 is 1.97 bits per heavy atom. The molecular weight excluding hydrogens is 428 g/mol. The minimum absolute atomic E-state index is 0.0284. The summed E-state index contributed by atoms with van der Waals surface area (Å²) < 4.78 is 10.2. The maximum absolute atomic E-state index is 12.9. The fourth-order valence-corrected chi connectivity index (χ4v) is 4.35. The highest BCUT2D eigenvalue weighted by Crippen LogP contribution is 2.41. The van der Waals surface area contributed by atoms with E-state index in [1.54, 1.807) is 38.1 Å². The smallest absolute Gasteiger partial charge is 0.343 e. The van der Waals surface area contributed by atoms with Crippen molar-refractivity contribution >= 4 is 29.7 Å². The van der Waals surface area contributed by atoms with Crippen LogP contribution in [0.1, 0.15) is 67.2 Å². The molecule has 0 bridgehead atoms. The fourth-order valence-electron chi connectivity index (χ4n) is 4.35. The van der Waals surface area contributed by atoms with E-state index in [0.717, 1.165) is 12.8 Å². The molecule has 33 heavy (non-hydrogen) atoms. The van der Waals surface area contributed by atoms with Gasteiger partial charge in [0.25, 0.3) is 11.8 Å². The average molecular weight is 459 g/mol. The number of nitrogens with zero attached hydrogens (tertiary/aromatic N) is 1. The monoisotopic (exact) mass is 458 g/mol. The molecule has 9 heteroatoms. The van der Waals surface area contributed by atoms with E-state index in [1.807, 2.05) is 0 Å². The van der Waals surface area contributed by atoms with Crippen molar-refractivity contribution in [2.75, 3.05) is 19.8 Å². The van der Waals surface area contributed by atoms with Crippen LogP contribution in [0, 0.1) is 11.8 Å². The van der Waals surface area contributed by atoms with E-state index in [-0.39, 0.29) is 49.8 Å². The van der Waals surface area contributed by atoms with Gasteiger partial charge in [0.15, 0.2) is 0 Å². The van der Waals surface area contributed by atoms with Crippen LogP contribution in [-0.2, 0) is 23.9 Å². The third-order valence-corrected chi connectivity index (χ3v) is 6.11. The van der Waals surface area contributed by atoms with Crippen LogP contribution in [0.2, 0.25) is 0 Å². The number of fused-ring (bicyclic) bond motifs is 1. The first-order chi connectivity index (χ1) is 15.7. The second kappa shape index (κ2) is 10.1. The summed E-state index contributed by atoms with van der Waals surface area (Å²) >= 11 is 0. The summed E-state index contributed by atoms with van der Waals surface area (Å²) in [5, 5.41) is 2.47. The van der Waals surface area contributed by atoms with E-state index in [2.05, 4.69) is 5.32 Å². The van der Waals surface area contributed by atoms with Crippen LogP contribution in [0.3, 0.4) is 0 Å². The third-order valence-electron chi connectivity index (χ3n) is 6.11.